The van der Waals surface area contributed by atoms with Crippen molar-refractivity contribution < 1.29 is 42.9 Å². The van der Waals surface area contributed by atoms with Crippen LogP contribution in [0.2, 0.25) is 0 Å². The number of carbonyl (C=O) groups is 3. The third-order valence-corrected chi connectivity index (χ3v) is 14.0. The molecule has 0 aromatic carbocycles. The average molecular weight is 1130 g/mol. The lowest BCUT2D eigenvalue weighted by Crippen LogP contribution is -2.44. The summed E-state index contributed by atoms with van der Waals surface area (Å²) in [6.07, 6.45) is 82.9. The minimum atomic E-state index is -1.63. The number of aliphatic carboxylic acids is 1. The van der Waals surface area contributed by atoms with Crippen molar-refractivity contribution in [1.82, 2.24) is 0 Å². The van der Waals surface area contributed by atoms with Crippen LogP contribution >= 0.6 is 0 Å². The number of hydrogen-bond acceptors (Lipinski definition) is 8. The van der Waals surface area contributed by atoms with Gasteiger partial charge in [-0.15, -0.1) is 0 Å². The minimum absolute atomic E-state index is 0.143. The van der Waals surface area contributed by atoms with Crippen LogP contribution in [0, 0.1) is 0 Å². The zero-order valence-electron chi connectivity index (χ0n) is 52.9. The van der Waals surface area contributed by atoms with Crippen LogP contribution in [0.15, 0.2) is 109 Å². The summed E-state index contributed by atoms with van der Waals surface area (Å²) in [4.78, 5) is 37.4. The van der Waals surface area contributed by atoms with Crippen molar-refractivity contribution >= 4 is 17.9 Å². The number of allylic oxidation sites excluding steroid dienone is 18. The molecule has 0 bridgehead atoms. The van der Waals surface area contributed by atoms with Crippen molar-refractivity contribution in [2.45, 2.75) is 283 Å². The summed E-state index contributed by atoms with van der Waals surface area (Å²) in [7, 11) is 5.92. The molecule has 0 aliphatic rings. The maximum absolute atomic E-state index is 12.9. The molecule has 0 saturated carbocycles. The number of quaternary nitrogens is 1. The maximum atomic E-state index is 12.9. The highest BCUT2D eigenvalue weighted by molar-refractivity contribution is 5.70. The van der Waals surface area contributed by atoms with E-state index in [0.717, 1.165) is 89.9 Å². The molecule has 9 heteroatoms. The predicted molar refractivity (Wildman–Crippen MR) is 343 cm³/mol. The smallest absolute Gasteiger partial charge is 0.306 e. The number of unbranched alkanes of at least 4 members (excludes halogenated alkanes) is 27. The van der Waals surface area contributed by atoms with Crippen LogP contribution in [0.3, 0.4) is 0 Å². The Morgan fingerprint density at radius 3 is 1.05 bits per heavy atom. The van der Waals surface area contributed by atoms with E-state index in [4.69, 9.17) is 18.9 Å². The van der Waals surface area contributed by atoms with E-state index in [1.165, 1.54) is 148 Å². The zero-order valence-corrected chi connectivity index (χ0v) is 52.9. The van der Waals surface area contributed by atoms with E-state index in [-0.39, 0.29) is 38.6 Å². The van der Waals surface area contributed by atoms with Crippen LogP contribution in [-0.2, 0) is 33.3 Å². The monoisotopic (exact) mass is 1130 g/mol. The second-order valence-corrected chi connectivity index (χ2v) is 23.0. The first-order valence-corrected chi connectivity index (χ1v) is 33.0. The quantitative estimate of drug-likeness (QED) is 0.0195. The third-order valence-electron chi connectivity index (χ3n) is 14.0. The molecule has 0 amide bonds. The lowest BCUT2D eigenvalue weighted by Gasteiger charge is -2.26. The first-order chi connectivity index (χ1) is 39.6. The number of nitrogens with zero attached hydrogens (tertiary/aromatic N) is 1. The fourth-order valence-corrected chi connectivity index (χ4v) is 8.96. The standard InChI is InChI=1S/C72H123NO8/c1-6-8-10-12-14-16-18-20-22-24-26-28-29-30-31-32-33-34-35-36-37-38-39-40-41-43-45-47-49-51-53-55-57-59-61-63-70(75)81-68(67-80-72(71(76)77)78-65-64-73(3,4)5)66-79-69(74)62-60-58-56-54-52-50-48-46-44-42-27-25-23-21-19-17-15-13-11-9-7-2/h8,10,14,16,19-22,25-28,30-31,33-34,36-37,68,72H,6-7,9,11-13,15,17-18,23-24,29,32,35,38-67H2,1-5H3/b10-8-,16-14-,21-19-,22-20-,27-25-,28-26-,31-30-,34-33-,37-36-. The van der Waals surface area contributed by atoms with Crippen LogP contribution in [0.25, 0.3) is 0 Å². The Kier molecular flexibility index (Phi) is 58.9. The van der Waals surface area contributed by atoms with E-state index >= 15 is 0 Å². The molecule has 2 unspecified atom stereocenters. The lowest BCUT2D eigenvalue weighted by atomic mass is 10.0. The van der Waals surface area contributed by atoms with Gasteiger partial charge < -0.3 is 33.3 Å². The molecule has 0 heterocycles. The van der Waals surface area contributed by atoms with Gasteiger partial charge in [-0.3, -0.25) is 9.59 Å². The summed E-state index contributed by atoms with van der Waals surface area (Å²) >= 11 is 0. The Hall–Kier alpha value is -4.05. The van der Waals surface area contributed by atoms with E-state index in [1.807, 2.05) is 21.1 Å². The molecule has 0 spiro atoms. The number of esters is 2. The van der Waals surface area contributed by atoms with Crippen LogP contribution in [-0.4, -0.2) is 82.3 Å². The molecule has 0 saturated heterocycles. The Labute approximate surface area is 498 Å². The SMILES string of the molecule is CC/C=C\C/C=C\C/C=C\C/C=C\C/C=C\C/C=C\C/C=C\CCCCCCCCCCCCCCCC(=O)OC(COC(=O)CCCCCCCCCCC/C=C\C/C=C\CCCCCCC)COC(OCC[N+](C)(C)C)C(=O)[O-]. The molecule has 0 radical (unpaired) electrons. The largest absolute Gasteiger partial charge is 0.545 e. The highest BCUT2D eigenvalue weighted by Crippen LogP contribution is 2.16. The molecular weight excluding hydrogens is 1010 g/mol. The second-order valence-electron chi connectivity index (χ2n) is 23.0. The van der Waals surface area contributed by atoms with Gasteiger partial charge in [0.2, 0.25) is 0 Å². The van der Waals surface area contributed by atoms with Crippen LogP contribution in [0.5, 0.6) is 0 Å². The van der Waals surface area contributed by atoms with Crippen molar-refractivity contribution in [1.29, 1.82) is 0 Å². The molecule has 0 rings (SSSR count). The first-order valence-electron chi connectivity index (χ1n) is 33.0. The van der Waals surface area contributed by atoms with Crippen molar-refractivity contribution in [2.24, 2.45) is 0 Å². The Morgan fingerprint density at radius 2 is 0.704 bits per heavy atom. The summed E-state index contributed by atoms with van der Waals surface area (Å²) in [5, 5.41) is 11.8. The number of likely N-dealkylation sites (N-methyl/N-ethyl adjacent to an activating group) is 1. The molecule has 0 aliphatic carbocycles. The fourth-order valence-electron chi connectivity index (χ4n) is 8.96. The first kappa shape index (κ1) is 77.0. The highest BCUT2D eigenvalue weighted by atomic mass is 16.7. The maximum Gasteiger partial charge on any atom is 0.306 e. The topological polar surface area (TPSA) is 111 Å². The number of rotatable bonds is 60. The van der Waals surface area contributed by atoms with Gasteiger partial charge in [0.25, 0.3) is 0 Å². The van der Waals surface area contributed by atoms with E-state index in [0.29, 0.717) is 17.4 Å². The fraction of sp³-hybridized carbons (Fsp3) is 0.708. The summed E-state index contributed by atoms with van der Waals surface area (Å²) < 4.78 is 22.8. The zero-order chi connectivity index (χ0) is 59.1. The minimum Gasteiger partial charge on any atom is -0.545 e. The molecule has 81 heavy (non-hydrogen) atoms. The summed E-state index contributed by atoms with van der Waals surface area (Å²) in [5.74, 6) is -2.29. The van der Waals surface area contributed by atoms with E-state index < -0.39 is 24.3 Å². The van der Waals surface area contributed by atoms with Crippen molar-refractivity contribution in [2.75, 3.05) is 47.5 Å². The van der Waals surface area contributed by atoms with Crippen molar-refractivity contribution in [3.8, 4) is 0 Å². The van der Waals surface area contributed by atoms with Gasteiger partial charge in [-0.25, -0.2) is 0 Å². The molecule has 0 fully saturated rings. The van der Waals surface area contributed by atoms with Gasteiger partial charge in [0.1, 0.15) is 13.2 Å². The van der Waals surface area contributed by atoms with Crippen LogP contribution in [0.4, 0.5) is 0 Å². The third kappa shape index (κ3) is 63.4. The molecule has 0 aromatic heterocycles. The summed E-state index contributed by atoms with van der Waals surface area (Å²) in [5.41, 5.74) is 0. The Morgan fingerprint density at radius 1 is 0.383 bits per heavy atom. The van der Waals surface area contributed by atoms with Gasteiger partial charge in [-0.1, -0.05) is 264 Å². The molecule has 9 nitrogen and oxygen atoms in total. The molecule has 0 N–H and O–H groups in total. The van der Waals surface area contributed by atoms with Crippen molar-refractivity contribution in [3.63, 3.8) is 0 Å². The van der Waals surface area contributed by atoms with Crippen LogP contribution in [0.1, 0.15) is 271 Å². The average Bonchev–Trinajstić information content (AvgIpc) is 3.44. The molecule has 0 aromatic rings. The number of ether oxygens (including phenoxy) is 4. The van der Waals surface area contributed by atoms with Gasteiger partial charge >= 0.3 is 11.9 Å². The molecular formula is C72H123NO8. The van der Waals surface area contributed by atoms with Gasteiger partial charge in [0.15, 0.2) is 12.4 Å². The van der Waals surface area contributed by atoms with E-state index in [2.05, 4.69) is 123 Å². The predicted octanol–water partition coefficient (Wildman–Crippen LogP) is 18.9. The molecule has 464 valence electrons. The number of carboxylic acids is 1. The van der Waals surface area contributed by atoms with Gasteiger partial charge in [0.05, 0.1) is 40.3 Å². The summed E-state index contributed by atoms with van der Waals surface area (Å²) in [6, 6.07) is 0. The van der Waals surface area contributed by atoms with Gasteiger partial charge in [0, 0.05) is 12.8 Å². The van der Waals surface area contributed by atoms with Crippen LogP contribution < -0.4 is 5.11 Å². The summed E-state index contributed by atoms with van der Waals surface area (Å²) in [6.45, 7) is 4.63. The lowest BCUT2D eigenvalue weighted by molar-refractivity contribution is -0.870. The van der Waals surface area contributed by atoms with Gasteiger partial charge in [-0.05, 0) is 103 Å². The van der Waals surface area contributed by atoms with Gasteiger partial charge in [-0.2, -0.15) is 0 Å². The van der Waals surface area contributed by atoms with Crippen molar-refractivity contribution in [3.05, 3.63) is 109 Å². The second kappa shape index (κ2) is 62.0. The number of hydrogen-bond donors (Lipinski definition) is 0. The normalized spacial score (nSPS) is 13.4. The highest BCUT2D eigenvalue weighted by Gasteiger charge is 2.22. The Bertz CT molecular complexity index is 1700. The Balaban J connectivity index is 4.16. The van der Waals surface area contributed by atoms with E-state index in [1.54, 1.807) is 0 Å². The molecule has 0 aliphatic heterocycles. The molecule has 2 atom stereocenters. The number of carbonyl (C=O) groups excluding carboxylic acids is 3. The van der Waals surface area contributed by atoms with E-state index in [9.17, 15) is 19.5 Å². The number of carboxylic acid groups (broad SMARTS) is 1.